The molecule has 1 fully saturated rings. The summed E-state index contributed by atoms with van der Waals surface area (Å²) in [5, 5.41) is 10.4. The zero-order valence-corrected chi connectivity index (χ0v) is 13.4. The summed E-state index contributed by atoms with van der Waals surface area (Å²) >= 11 is 2.41. The van der Waals surface area contributed by atoms with Crippen LogP contribution >= 0.6 is 23.1 Å². The Morgan fingerprint density at radius 1 is 1.39 bits per heavy atom. The van der Waals surface area contributed by atoms with Gasteiger partial charge in [0.05, 0.1) is 4.91 Å². The minimum Gasteiger partial charge on any atom is -0.349 e. The zero-order valence-electron chi connectivity index (χ0n) is 11.8. The van der Waals surface area contributed by atoms with E-state index in [-0.39, 0.29) is 30.1 Å². The van der Waals surface area contributed by atoms with E-state index in [1.807, 2.05) is 17.5 Å². The Labute approximate surface area is 139 Å². The third kappa shape index (κ3) is 3.51. The van der Waals surface area contributed by atoms with E-state index in [2.05, 4.69) is 15.5 Å². The molecule has 0 atom stereocenters. The molecular weight excluding hydrogens is 336 g/mol. The van der Waals surface area contributed by atoms with Gasteiger partial charge in [-0.15, -0.1) is 11.3 Å². The van der Waals surface area contributed by atoms with Crippen LogP contribution in [0.2, 0.25) is 0 Å². The number of carbonyl (C=O) groups is 3. The molecule has 0 aromatic carbocycles. The average molecular weight is 348 g/mol. The number of thioether (sulfide) groups is 1. The quantitative estimate of drug-likeness (QED) is 0.805. The van der Waals surface area contributed by atoms with Crippen LogP contribution < -0.4 is 5.32 Å². The number of hydrogen-bond acceptors (Lipinski definition) is 6. The Balaban J connectivity index is 1.57. The van der Waals surface area contributed by atoms with Gasteiger partial charge in [0.15, 0.2) is 0 Å². The van der Waals surface area contributed by atoms with Crippen molar-refractivity contribution in [1.29, 1.82) is 0 Å². The highest BCUT2D eigenvalue weighted by molar-refractivity contribution is 8.18. The molecule has 2 aromatic rings. The van der Waals surface area contributed by atoms with E-state index in [0.29, 0.717) is 10.6 Å². The van der Waals surface area contributed by atoms with E-state index in [0.717, 1.165) is 21.5 Å². The molecule has 1 aliphatic heterocycles. The molecule has 0 saturated carbocycles. The zero-order chi connectivity index (χ0) is 16.2. The van der Waals surface area contributed by atoms with Gasteiger partial charge in [-0.05, 0) is 35.4 Å². The second-order valence-corrected chi connectivity index (χ2v) is 6.55. The minimum absolute atomic E-state index is 0.131. The first-order chi connectivity index (χ1) is 11.1. The third-order valence-electron chi connectivity index (χ3n) is 3.06. The van der Waals surface area contributed by atoms with Crippen LogP contribution in [0.3, 0.4) is 0 Å². The number of carbonyl (C=O) groups excluding carboxylic acids is 3. The van der Waals surface area contributed by atoms with E-state index < -0.39 is 0 Å². The first-order valence-corrected chi connectivity index (χ1v) is 8.41. The summed E-state index contributed by atoms with van der Waals surface area (Å²) in [7, 11) is 0. The van der Waals surface area contributed by atoms with Crippen LogP contribution in [0.4, 0.5) is 4.79 Å². The summed E-state index contributed by atoms with van der Waals surface area (Å²) in [6, 6.07) is 5.30. The van der Waals surface area contributed by atoms with E-state index in [4.69, 9.17) is 0 Å². The van der Waals surface area contributed by atoms with Gasteiger partial charge >= 0.3 is 0 Å². The fourth-order valence-electron chi connectivity index (χ4n) is 1.95. The molecule has 1 saturated heterocycles. The number of rotatable bonds is 5. The number of H-pyrrole nitrogens is 1. The van der Waals surface area contributed by atoms with Gasteiger partial charge in [0.1, 0.15) is 5.69 Å². The van der Waals surface area contributed by atoms with Crippen LogP contribution in [-0.2, 0) is 4.79 Å². The van der Waals surface area contributed by atoms with Crippen LogP contribution in [0.1, 0.15) is 15.4 Å². The van der Waals surface area contributed by atoms with Crippen molar-refractivity contribution in [2.24, 2.45) is 0 Å². The Bertz CT molecular complexity index is 753. The summed E-state index contributed by atoms with van der Waals surface area (Å²) in [6.45, 7) is 0.314. The first kappa shape index (κ1) is 15.5. The number of imide groups is 1. The Kier molecular flexibility index (Phi) is 4.58. The summed E-state index contributed by atoms with van der Waals surface area (Å²) in [5.74, 6) is -0.659. The average Bonchev–Trinajstić information content (AvgIpc) is 3.26. The molecular formula is C14H12N4O3S2. The monoisotopic (exact) mass is 348 g/mol. The molecule has 0 unspecified atom stereocenters. The first-order valence-electron chi connectivity index (χ1n) is 6.71. The molecule has 0 aliphatic carbocycles. The van der Waals surface area contributed by atoms with E-state index in [1.165, 1.54) is 17.5 Å². The predicted molar refractivity (Wildman–Crippen MR) is 87.9 cm³/mol. The van der Waals surface area contributed by atoms with Crippen LogP contribution in [-0.4, -0.2) is 45.2 Å². The number of aromatic amines is 1. The lowest BCUT2D eigenvalue weighted by atomic mass is 10.3. The topological polar surface area (TPSA) is 95.2 Å². The van der Waals surface area contributed by atoms with Gasteiger partial charge in [-0.2, -0.15) is 5.10 Å². The molecule has 0 bridgehead atoms. The van der Waals surface area contributed by atoms with Crippen molar-refractivity contribution in [3.05, 3.63) is 45.3 Å². The smallest absolute Gasteiger partial charge is 0.293 e. The normalized spacial score (nSPS) is 16.3. The maximum absolute atomic E-state index is 12.2. The van der Waals surface area contributed by atoms with Crippen LogP contribution in [0.15, 0.2) is 34.7 Å². The molecule has 3 amide bonds. The molecule has 3 rings (SSSR count). The van der Waals surface area contributed by atoms with Crippen molar-refractivity contribution in [1.82, 2.24) is 20.4 Å². The van der Waals surface area contributed by atoms with Gasteiger partial charge < -0.3 is 5.32 Å². The molecule has 1 aliphatic rings. The number of nitrogens with zero attached hydrogens (tertiary/aromatic N) is 2. The summed E-state index contributed by atoms with van der Waals surface area (Å²) in [4.78, 5) is 38.4. The highest BCUT2D eigenvalue weighted by Crippen LogP contribution is 2.32. The Morgan fingerprint density at radius 3 is 2.96 bits per heavy atom. The van der Waals surface area contributed by atoms with Crippen molar-refractivity contribution in [3.8, 4) is 0 Å². The van der Waals surface area contributed by atoms with Crippen LogP contribution in [0.5, 0.6) is 0 Å². The molecule has 0 radical (unpaired) electrons. The van der Waals surface area contributed by atoms with Crippen LogP contribution in [0.25, 0.3) is 6.08 Å². The maximum atomic E-state index is 12.2. The van der Waals surface area contributed by atoms with E-state index in [9.17, 15) is 14.4 Å². The standard InChI is InChI=1S/C14H12N4O3S2/c19-12(10-3-4-16-17-10)15-5-6-18-13(20)11(23-14(18)21)8-9-2-1-7-22-9/h1-4,7-8H,5-6H2,(H,15,19)(H,16,17)/b11-8-. The number of nitrogens with one attached hydrogen (secondary N) is 2. The lowest BCUT2D eigenvalue weighted by Gasteiger charge is -2.12. The minimum atomic E-state index is -0.330. The summed E-state index contributed by atoms with van der Waals surface area (Å²) < 4.78 is 0. The Hall–Kier alpha value is -2.39. The molecule has 7 nitrogen and oxygen atoms in total. The molecule has 3 heterocycles. The van der Waals surface area contributed by atoms with Gasteiger partial charge in [-0.3, -0.25) is 24.4 Å². The highest BCUT2D eigenvalue weighted by Gasteiger charge is 2.34. The summed E-state index contributed by atoms with van der Waals surface area (Å²) in [5.41, 5.74) is 0.330. The largest absolute Gasteiger partial charge is 0.349 e. The molecule has 2 N–H and O–H groups in total. The molecule has 9 heteroatoms. The van der Waals surface area contributed by atoms with Crippen LogP contribution in [0, 0.1) is 0 Å². The van der Waals surface area contributed by atoms with Gasteiger partial charge in [-0.25, -0.2) is 0 Å². The SMILES string of the molecule is O=C(NCCN1C(=O)S/C(=C\c2cccs2)C1=O)c1ccn[nH]1. The predicted octanol–water partition coefficient (Wildman–Crippen LogP) is 1.94. The number of amides is 3. The maximum Gasteiger partial charge on any atom is 0.293 e. The van der Waals surface area contributed by atoms with Gasteiger partial charge in [0.25, 0.3) is 17.1 Å². The van der Waals surface area contributed by atoms with Gasteiger partial charge in [0.2, 0.25) is 0 Å². The Morgan fingerprint density at radius 2 is 2.26 bits per heavy atom. The third-order valence-corrected chi connectivity index (χ3v) is 4.78. The second kappa shape index (κ2) is 6.80. The van der Waals surface area contributed by atoms with Crippen molar-refractivity contribution in [2.45, 2.75) is 0 Å². The number of aromatic nitrogens is 2. The molecule has 0 spiro atoms. The molecule has 118 valence electrons. The van der Waals surface area contributed by atoms with Gasteiger partial charge in [-0.1, -0.05) is 6.07 Å². The summed E-state index contributed by atoms with van der Waals surface area (Å²) in [6.07, 6.45) is 3.18. The molecule has 23 heavy (non-hydrogen) atoms. The lowest BCUT2D eigenvalue weighted by molar-refractivity contribution is -0.122. The second-order valence-electron chi connectivity index (χ2n) is 4.57. The van der Waals surface area contributed by atoms with E-state index in [1.54, 1.807) is 12.1 Å². The highest BCUT2D eigenvalue weighted by atomic mass is 32.2. The lowest BCUT2D eigenvalue weighted by Crippen LogP contribution is -2.37. The fraction of sp³-hybridized carbons (Fsp3) is 0.143. The number of hydrogen-bond donors (Lipinski definition) is 2. The van der Waals surface area contributed by atoms with Crippen molar-refractivity contribution >= 4 is 46.2 Å². The fourth-order valence-corrected chi connectivity index (χ4v) is 3.54. The van der Waals surface area contributed by atoms with Gasteiger partial charge in [0, 0.05) is 24.2 Å². The van der Waals surface area contributed by atoms with Crippen molar-refractivity contribution < 1.29 is 14.4 Å². The van der Waals surface area contributed by atoms with E-state index >= 15 is 0 Å². The van der Waals surface area contributed by atoms with Crippen molar-refractivity contribution in [3.63, 3.8) is 0 Å². The molecule has 2 aromatic heterocycles. The van der Waals surface area contributed by atoms with Crippen molar-refractivity contribution in [2.75, 3.05) is 13.1 Å². The number of thiophene rings is 1.